The lowest BCUT2D eigenvalue weighted by atomic mass is 9.65. The molecule has 0 aliphatic heterocycles. The molecule has 0 heterocycles. The van der Waals surface area contributed by atoms with Gasteiger partial charge in [0.05, 0.1) is 6.10 Å². The van der Waals surface area contributed by atoms with Gasteiger partial charge in [-0.3, -0.25) is 0 Å². The second kappa shape index (κ2) is 4.69. The van der Waals surface area contributed by atoms with Crippen molar-refractivity contribution >= 4 is 0 Å². The van der Waals surface area contributed by atoms with Gasteiger partial charge in [0.2, 0.25) is 0 Å². The summed E-state index contributed by atoms with van der Waals surface area (Å²) in [6.45, 7) is 12.9. The lowest BCUT2D eigenvalue weighted by Crippen LogP contribution is -2.38. The SMILES string of the molecule is C=C(C)CC(C)(C)C1CCC(C)CC1O. The van der Waals surface area contributed by atoms with Crippen molar-refractivity contribution in [1.82, 2.24) is 0 Å². The highest BCUT2D eigenvalue weighted by Gasteiger charge is 2.37. The van der Waals surface area contributed by atoms with E-state index in [-0.39, 0.29) is 11.5 Å². The largest absolute Gasteiger partial charge is 0.393 e. The van der Waals surface area contributed by atoms with Gasteiger partial charge in [0.15, 0.2) is 0 Å². The van der Waals surface area contributed by atoms with Crippen LogP contribution in [0.25, 0.3) is 0 Å². The first-order valence-electron chi connectivity index (χ1n) is 6.15. The van der Waals surface area contributed by atoms with Crippen LogP contribution in [0.5, 0.6) is 0 Å². The molecular weight excluding hydrogens is 184 g/mol. The van der Waals surface area contributed by atoms with E-state index in [1.54, 1.807) is 0 Å². The normalized spacial score (nSPS) is 32.7. The Balaban J connectivity index is 2.65. The van der Waals surface area contributed by atoms with Gasteiger partial charge >= 0.3 is 0 Å². The molecule has 88 valence electrons. The van der Waals surface area contributed by atoms with Gasteiger partial charge < -0.3 is 5.11 Å². The molecule has 1 heteroatoms. The van der Waals surface area contributed by atoms with Crippen LogP contribution in [0.1, 0.15) is 53.4 Å². The Morgan fingerprint density at radius 3 is 2.47 bits per heavy atom. The Kier molecular flexibility index (Phi) is 3.99. The lowest BCUT2D eigenvalue weighted by Gasteiger charge is -2.42. The van der Waals surface area contributed by atoms with Gasteiger partial charge in [-0.25, -0.2) is 0 Å². The van der Waals surface area contributed by atoms with Gasteiger partial charge in [-0.05, 0) is 43.4 Å². The lowest BCUT2D eigenvalue weighted by molar-refractivity contribution is -0.0124. The van der Waals surface area contributed by atoms with E-state index in [0.29, 0.717) is 11.8 Å². The zero-order valence-corrected chi connectivity index (χ0v) is 10.7. The van der Waals surface area contributed by atoms with Crippen LogP contribution >= 0.6 is 0 Å². The Bertz CT molecular complexity index is 229. The summed E-state index contributed by atoms with van der Waals surface area (Å²) in [4.78, 5) is 0. The molecule has 1 aliphatic carbocycles. The summed E-state index contributed by atoms with van der Waals surface area (Å²) >= 11 is 0. The summed E-state index contributed by atoms with van der Waals surface area (Å²) in [6.07, 6.45) is 4.33. The molecule has 3 unspecified atom stereocenters. The maximum Gasteiger partial charge on any atom is 0.0576 e. The number of rotatable bonds is 3. The first-order chi connectivity index (χ1) is 6.83. The minimum atomic E-state index is -0.108. The fraction of sp³-hybridized carbons (Fsp3) is 0.857. The molecule has 0 spiro atoms. The van der Waals surface area contributed by atoms with Crippen LogP contribution in [-0.4, -0.2) is 11.2 Å². The number of hydrogen-bond acceptors (Lipinski definition) is 1. The maximum atomic E-state index is 10.2. The molecule has 1 N–H and O–H groups in total. The van der Waals surface area contributed by atoms with Crippen molar-refractivity contribution in [2.75, 3.05) is 0 Å². The molecule has 3 atom stereocenters. The zero-order valence-electron chi connectivity index (χ0n) is 10.7. The number of allylic oxidation sites excluding steroid dienone is 1. The van der Waals surface area contributed by atoms with Crippen molar-refractivity contribution in [2.24, 2.45) is 17.3 Å². The molecule has 0 amide bonds. The molecule has 0 aromatic carbocycles. The summed E-state index contributed by atoms with van der Waals surface area (Å²) in [6, 6.07) is 0. The molecule has 0 aromatic heterocycles. The fourth-order valence-corrected chi connectivity index (χ4v) is 3.17. The predicted octanol–water partition coefficient (Wildman–Crippen LogP) is 3.78. The second-order valence-corrected chi connectivity index (χ2v) is 6.21. The highest BCUT2D eigenvalue weighted by Crippen LogP contribution is 2.43. The Hall–Kier alpha value is -0.300. The van der Waals surface area contributed by atoms with Crippen LogP contribution in [0, 0.1) is 17.3 Å². The van der Waals surface area contributed by atoms with E-state index in [9.17, 15) is 5.11 Å². The van der Waals surface area contributed by atoms with Crippen LogP contribution in [0.2, 0.25) is 0 Å². The van der Waals surface area contributed by atoms with Crippen molar-refractivity contribution in [1.29, 1.82) is 0 Å². The third-order valence-electron chi connectivity index (χ3n) is 3.84. The Morgan fingerprint density at radius 1 is 1.40 bits per heavy atom. The number of aliphatic hydroxyl groups is 1. The maximum absolute atomic E-state index is 10.2. The fourth-order valence-electron chi connectivity index (χ4n) is 3.17. The van der Waals surface area contributed by atoms with Crippen molar-refractivity contribution < 1.29 is 5.11 Å². The van der Waals surface area contributed by atoms with Gasteiger partial charge in [-0.1, -0.05) is 32.8 Å². The van der Waals surface area contributed by atoms with E-state index in [1.165, 1.54) is 18.4 Å². The zero-order chi connectivity index (χ0) is 11.6. The van der Waals surface area contributed by atoms with E-state index in [0.717, 1.165) is 12.8 Å². The van der Waals surface area contributed by atoms with Crippen molar-refractivity contribution in [3.63, 3.8) is 0 Å². The van der Waals surface area contributed by atoms with Crippen LogP contribution in [0.4, 0.5) is 0 Å². The van der Waals surface area contributed by atoms with Gasteiger partial charge in [-0.2, -0.15) is 0 Å². The van der Waals surface area contributed by atoms with Gasteiger partial charge in [0, 0.05) is 0 Å². The molecule has 1 nitrogen and oxygen atoms in total. The van der Waals surface area contributed by atoms with Gasteiger partial charge in [-0.15, -0.1) is 6.58 Å². The van der Waals surface area contributed by atoms with Crippen LogP contribution < -0.4 is 0 Å². The summed E-state index contributed by atoms with van der Waals surface area (Å²) in [5, 5.41) is 10.2. The molecule has 0 bridgehead atoms. The smallest absolute Gasteiger partial charge is 0.0576 e. The molecule has 1 saturated carbocycles. The third-order valence-corrected chi connectivity index (χ3v) is 3.84. The average Bonchev–Trinajstić information content (AvgIpc) is 1.99. The third kappa shape index (κ3) is 3.34. The van der Waals surface area contributed by atoms with Crippen molar-refractivity contribution in [2.45, 2.75) is 59.5 Å². The Labute approximate surface area is 94.6 Å². The number of hydrogen-bond donors (Lipinski definition) is 1. The monoisotopic (exact) mass is 210 g/mol. The van der Waals surface area contributed by atoms with Gasteiger partial charge in [0.25, 0.3) is 0 Å². The van der Waals surface area contributed by atoms with Crippen LogP contribution in [0.15, 0.2) is 12.2 Å². The molecule has 1 aliphatic rings. The average molecular weight is 210 g/mol. The van der Waals surface area contributed by atoms with E-state index in [4.69, 9.17) is 0 Å². The summed E-state index contributed by atoms with van der Waals surface area (Å²) in [7, 11) is 0. The molecule has 0 saturated heterocycles. The van der Waals surface area contributed by atoms with E-state index >= 15 is 0 Å². The summed E-state index contributed by atoms with van der Waals surface area (Å²) in [5.41, 5.74) is 1.43. The minimum absolute atomic E-state index is 0.108. The first kappa shape index (κ1) is 12.8. The highest BCUT2D eigenvalue weighted by atomic mass is 16.3. The first-order valence-corrected chi connectivity index (χ1v) is 6.15. The molecular formula is C14H26O. The topological polar surface area (TPSA) is 20.2 Å². The summed E-state index contributed by atoms with van der Waals surface area (Å²) in [5.74, 6) is 1.14. The summed E-state index contributed by atoms with van der Waals surface area (Å²) < 4.78 is 0. The van der Waals surface area contributed by atoms with Crippen molar-refractivity contribution in [3.8, 4) is 0 Å². The van der Waals surface area contributed by atoms with Crippen LogP contribution in [-0.2, 0) is 0 Å². The predicted molar refractivity (Wildman–Crippen MR) is 65.7 cm³/mol. The van der Waals surface area contributed by atoms with E-state index < -0.39 is 0 Å². The second-order valence-electron chi connectivity index (χ2n) is 6.21. The molecule has 1 fully saturated rings. The van der Waals surface area contributed by atoms with Gasteiger partial charge in [0.1, 0.15) is 0 Å². The molecule has 0 aromatic rings. The minimum Gasteiger partial charge on any atom is -0.393 e. The quantitative estimate of drug-likeness (QED) is 0.703. The highest BCUT2D eigenvalue weighted by molar-refractivity contribution is 4.98. The van der Waals surface area contributed by atoms with Crippen LogP contribution in [0.3, 0.4) is 0 Å². The van der Waals surface area contributed by atoms with Crippen molar-refractivity contribution in [3.05, 3.63) is 12.2 Å². The number of aliphatic hydroxyl groups excluding tert-OH is 1. The van der Waals surface area contributed by atoms with E-state index in [2.05, 4.69) is 34.3 Å². The molecule has 1 rings (SSSR count). The molecule has 15 heavy (non-hydrogen) atoms. The standard InChI is InChI=1S/C14H26O/c1-10(2)9-14(4,5)12-7-6-11(3)8-13(12)15/h11-13,15H,1,6-9H2,2-5H3. The van der Waals surface area contributed by atoms with E-state index in [1.807, 2.05) is 0 Å². The Morgan fingerprint density at radius 2 is 2.00 bits per heavy atom. The molecule has 0 radical (unpaired) electrons.